The van der Waals surface area contributed by atoms with Gasteiger partial charge in [-0.3, -0.25) is 9.59 Å². The molecule has 1 saturated carbocycles. The van der Waals surface area contributed by atoms with Crippen LogP contribution in [0.25, 0.3) is 0 Å². The van der Waals surface area contributed by atoms with Crippen molar-refractivity contribution in [1.82, 2.24) is 0 Å². The van der Waals surface area contributed by atoms with Crippen LogP contribution in [-0.2, 0) is 11.2 Å². The maximum absolute atomic E-state index is 12.2. The first-order chi connectivity index (χ1) is 10.1. The number of amides is 1. The highest BCUT2D eigenvalue weighted by atomic mass is 79.9. The number of hydrogen-bond donors (Lipinski definition) is 1. The standard InChI is InChI=1S/C17H20BrNO2/c18-15-8-6-12-5-7-13(10-14(12)17(15)21)19-16(20)9-11-3-1-2-4-11/h5,7,10-11,15H,1-4,6,8-9H2,(H,19,20). The van der Waals surface area contributed by atoms with Crippen LogP contribution in [0.1, 0.15) is 54.4 Å². The molecule has 1 aromatic rings. The Hall–Kier alpha value is -1.16. The molecular formula is C17H20BrNO2. The Balaban J connectivity index is 1.68. The molecule has 0 spiro atoms. The van der Waals surface area contributed by atoms with Gasteiger partial charge in [-0.15, -0.1) is 0 Å². The van der Waals surface area contributed by atoms with Gasteiger partial charge in [-0.2, -0.15) is 0 Å². The second kappa shape index (κ2) is 6.30. The van der Waals surface area contributed by atoms with E-state index in [4.69, 9.17) is 0 Å². The molecule has 3 rings (SSSR count). The predicted octanol–water partition coefficient (Wildman–Crippen LogP) is 4.10. The summed E-state index contributed by atoms with van der Waals surface area (Å²) < 4.78 is 0. The van der Waals surface area contributed by atoms with Crippen molar-refractivity contribution in [3.05, 3.63) is 29.3 Å². The molecule has 4 heteroatoms. The van der Waals surface area contributed by atoms with Gasteiger partial charge < -0.3 is 5.32 Å². The monoisotopic (exact) mass is 349 g/mol. The number of carbonyl (C=O) groups excluding carboxylic acids is 2. The Labute approximate surface area is 133 Å². The highest BCUT2D eigenvalue weighted by molar-refractivity contribution is 9.10. The van der Waals surface area contributed by atoms with Crippen LogP contribution in [0.15, 0.2) is 18.2 Å². The molecular weight excluding hydrogens is 330 g/mol. The molecule has 0 heterocycles. The fraction of sp³-hybridized carbons (Fsp3) is 0.529. The summed E-state index contributed by atoms with van der Waals surface area (Å²) in [6.07, 6.45) is 7.19. The molecule has 112 valence electrons. The van der Waals surface area contributed by atoms with E-state index < -0.39 is 0 Å². The van der Waals surface area contributed by atoms with Crippen LogP contribution in [-0.4, -0.2) is 16.5 Å². The number of halogens is 1. The number of nitrogens with one attached hydrogen (secondary N) is 1. The lowest BCUT2D eigenvalue weighted by molar-refractivity contribution is -0.117. The third-order valence-corrected chi connectivity index (χ3v) is 5.43. The second-order valence-corrected chi connectivity index (χ2v) is 7.25. The average Bonchev–Trinajstić information content (AvgIpc) is 2.96. The first kappa shape index (κ1) is 14.8. The molecule has 0 saturated heterocycles. The maximum Gasteiger partial charge on any atom is 0.224 e. The van der Waals surface area contributed by atoms with Crippen LogP contribution >= 0.6 is 15.9 Å². The first-order valence-electron chi connectivity index (χ1n) is 7.74. The average molecular weight is 350 g/mol. The molecule has 1 aromatic carbocycles. The smallest absolute Gasteiger partial charge is 0.224 e. The normalized spacial score (nSPS) is 22.1. The quantitative estimate of drug-likeness (QED) is 0.835. The van der Waals surface area contributed by atoms with Gasteiger partial charge in [0, 0.05) is 17.7 Å². The van der Waals surface area contributed by atoms with Gasteiger partial charge in [0.25, 0.3) is 0 Å². The van der Waals surface area contributed by atoms with Gasteiger partial charge in [0.2, 0.25) is 5.91 Å². The SMILES string of the molecule is O=C(CC1CCCC1)Nc1ccc2c(c1)C(=O)C(Br)CC2. The summed E-state index contributed by atoms with van der Waals surface area (Å²) >= 11 is 3.42. The minimum atomic E-state index is -0.0885. The largest absolute Gasteiger partial charge is 0.326 e. The zero-order valence-corrected chi connectivity index (χ0v) is 13.6. The fourth-order valence-corrected chi connectivity index (χ4v) is 3.85. The van der Waals surface area contributed by atoms with Crippen LogP contribution < -0.4 is 5.32 Å². The van der Waals surface area contributed by atoms with Gasteiger partial charge >= 0.3 is 0 Å². The lowest BCUT2D eigenvalue weighted by Gasteiger charge is -2.20. The molecule has 1 N–H and O–H groups in total. The van der Waals surface area contributed by atoms with Crippen molar-refractivity contribution in [3.8, 4) is 0 Å². The van der Waals surface area contributed by atoms with Crippen LogP contribution in [0.3, 0.4) is 0 Å². The number of carbonyl (C=O) groups is 2. The Bertz CT molecular complexity index is 564. The zero-order chi connectivity index (χ0) is 14.8. The fourth-order valence-electron chi connectivity index (χ4n) is 3.37. The summed E-state index contributed by atoms with van der Waals surface area (Å²) in [7, 11) is 0. The molecule has 1 fully saturated rings. The number of rotatable bonds is 3. The highest BCUT2D eigenvalue weighted by Gasteiger charge is 2.25. The third-order valence-electron chi connectivity index (χ3n) is 4.56. The highest BCUT2D eigenvalue weighted by Crippen LogP contribution is 2.29. The number of anilines is 1. The number of alkyl halides is 1. The van der Waals surface area contributed by atoms with E-state index in [0.717, 1.165) is 29.7 Å². The van der Waals surface area contributed by atoms with E-state index in [9.17, 15) is 9.59 Å². The molecule has 1 unspecified atom stereocenters. The Morgan fingerprint density at radius 2 is 2.00 bits per heavy atom. The minimum absolute atomic E-state index is 0.0699. The number of ketones is 1. The summed E-state index contributed by atoms with van der Waals surface area (Å²) in [5, 5.41) is 2.95. The summed E-state index contributed by atoms with van der Waals surface area (Å²) in [6, 6.07) is 5.71. The number of hydrogen-bond acceptors (Lipinski definition) is 2. The van der Waals surface area contributed by atoms with Crippen molar-refractivity contribution < 1.29 is 9.59 Å². The summed E-state index contributed by atoms with van der Waals surface area (Å²) in [6.45, 7) is 0. The zero-order valence-electron chi connectivity index (χ0n) is 12.0. The van der Waals surface area contributed by atoms with Crippen LogP contribution in [0.5, 0.6) is 0 Å². The van der Waals surface area contributed by atoms with E-state index in [0.29, 0.717) is 12.3 Å². The Morgan fingerprint density at radius 1 is 1.24 bits per heavy atom. The van der Waals surface area contributed by atoms with Gasteiger partial charge in [0.15, 0.2) is 5.78 Å². The molecule has 0 bridgehead atoms. The molecule has 0 radical (unpaired) electrons. The number of aryl methyl sites for hydroxylation is 1. The third kappa shape index (κ3) is 3.37. The van der Waals surface area contributed by atoms with Gasteiger partial charge in [-0.05, 0) is 49.3 Å². The van der Waals surface area contributed by atoms with Crippen LogP contribution in [0, 0.1) is 5.92 Å². The Morgan fingerprint density at radius 3 is 2.76 bits per heavy atom. The van der Waals surface area contributed by atoms with E-state index in [-0.39, 0.29) is 16.5 Å². The lowest BCUT2D eigenvalue weighted by atomic mass is 9.90. The minimum Gasteiger partial charge on any atom is -0.326 e. The van der Waals surface area contributed by atoms with Crippen molar-refractivity contribution in [2.75, 3.05) is 5.32 Å². The van der Waals surface area contributed by atoms with Crippen molar-refractivity contribution in [2.45, 2.75) is 49.8 Å². The molecule has 1 atom stereocenters. The predicted molar refractivity (Wildman–Crippen MR) is 87.0 cm³/mol. The van der Waals surface area contributed by atoms with Crippen molar-refractivity contribution in [3.63, 3.8) is 0 Å². The molecule has 0 aromatic heterocycles. The van der Waals surface area contributed by atoms with Crippen LogP contribution in [0.4, 0.5) is 5.69 Å². The van der Waals surface area contributed by atoms with Crippen molar-refractivity contribution in [2.24, 2.45) is 5.92 Å². The lowest BCUT2D eigenvalue weighted by Crippen LogP contribution is -2.23. The Kier molecular flexibility index (Phi) is 4.43. The molecule has 1 amide bonds. The topological polar surface area (TPSA) is 46.2 Å². The molecule has 3 nitrogen and oxygen atoms in total. The number of fused-ring (bicyclic) bond motifs is 1. The second-order valence-electron chi connectivity index (χ2n) is 6.15. The first-order valence-corrected chi connectivity index (χ1v) is 8.66. The van der Waals surface area contributed by atoms with Crippen molar-refractivity contribution >= 4 is 33.3 Å². The summed E-state index contributed by atoms with van der Waals surface area (Å²) in [5.74, 6) is 0.736. The number of Topliss-reactive ketones (excluding diaryl/α,β-unsaturated/α-hetero) is 1. The van der Waals surface area contributed by atoms with Crippen molar-refractivity contribution in [1.29, 1.82) is 0 Å². The van der Waals surface area contributed by atoms with E-state index in [1.165, 1.54) is 25.7 Å². The van der Waals surface area contributed by atoms with E-state index in [2.05, 4.69) is 21.2 Å². The summed E-state index contributed by atoms with van der Waals surface area (Å²) in [4.78, 5) is 24.2. The van der Waals surface area contributed by atoms with E-state index >= 15 is 0 Å². The van der Waals surface area contributed by atoms with Gasteiger partial charge in [0.1, 0.15) is 0 Å². The van der Waals surface area contributed by atoms with Crippen LogP contribution in [0.2, 0.25) is 0 Å². The molecule has 2 aliphatic rings. The van der Waals surface area contributed by atoms with E-state index in [1.54, 1.807) is 0 Å². The van der Waals surface area contributed by atoms with Gasteiger partial charge in [-0.1, -0.05) is 34.8 Å². The van der Waals surface area contributed by atoms with Gasteiger partial charge in [-0.25, -0.2) is 0 Å². The summed E-state index contributed by atoms with van der Waals surface area (Å²) in [5.41, 5.74) is 2.58. The number of benzene rings is 1. The molecule has 21 heavy (non-hydrogen) atoms. The maximum atomic E-state index is 12.2. The molecule has 0 aliphatic heterocycles. The molecule has 2 aliphatic carbocycles. The van der Waals surface area contributed by atoms with Gasteiger partial charge in [0.05, 0.1) is 4.83 Å². The van der Waals surface area contributed by atoms with E-state index in [1.807, 2.05) is 18.2 Å².